The summed E-state index contributed by atoms with van der Waals surface area (Å²) in [6.45, 7) is 1.84. The van der Waals surface area contributed by atoms with Crippen LogP contribution < -0.4 is 21.5 Å². The van der Waals surface area contributed by atoms with Gasteiger partial charge in [-0.3, -0.25) is 29.3 Å². The minimum atomic E-state index is -0.905. The number of nitrogens with zero attached hydrogens (tertiary/aromatic N) is 1. The van der Waals surface area contributed by atoms with Crippen LogP contribution in [0.5, 0.6) is 0 Å². The Bertz CT molecular complexity index is 1630. The number of non-ortho nitro benzene ring substituents is 1. The van der Waals surface area contributed by atoms with Crippen LogP contribution >= 0.6 is 0 Å². The zero-order valence-corrected chi connectivity index (χ0v) is 22.3. The van der Waals surface area contributed by atoms with Gasteiger partial charge in [-0.15, -0.1) is 0 Å². The van der Waals surface area contributed by atoms with E-state index in [1.165, 1.54) is 30.3 Å². The number of anilines is 2. The van der Waals surface area contributed by atoms with Crippen LogP contribution in [0.25, 0.3) is 10.9 Å². The van der Waals surface area contributed by atoms with E-state index in [0.29, 0.717) is 16.9 Å². The van der Waals surface area contributed by atoms with E-state index in [9.17, 15) is 29.3 Å². The molecule has 11 heteroatoms. The number of nitro benzene ring substituents is 1. The summed E-state index contributed by atoms with van der Waals surface area (Å²) >= 11 is 0. The van der Waals surface area contributed by atoms with Gasteiger partial charge in [-0.2, -0.15) is 0 Å². The standard InChI is InChI=1S/C30H29N5O6/c1-19-16-29(38)33-25-18-22(12-15-24(19)25)31-27(36)8-5-9-28(37)34-26(17-20-6-3-2-4-7-20)30(39)32-21-10-13-23(14-11-21)35(40)41/h2-4,6-7,10-16,18,26H,5,8-9,17H2,1H3,(H,31,36)(H,32,39)(H,33,38)(H,34,37)/t26-/m0/s1. The van der Waals surface area contributed by atoms with Crippen LogP contribution in [0.4, 0.5) is 17.1 Å². The number of nitro groups is 1. The predicted molar refractivity (Wildman–Crippen MR) is 156 cm³/mol. The van der Waals surface area contributed by atoms with Crippen molar-refractivity contribution >= 4 is 45.7 Å². The lowest BCUT2D eigenvalue weighted by Crippen LogP contribution is -2.45. The van der Waals surface area contributed by atoms with Gasteiger partial charge in [0.15, 0.2) is 0 Å². The topological polar surface area (TPSA) is 163 Å². The van der Waals surface area contributed by atoms with Crippen molar-refractivity contribution < 1.29 is 19.3 Å². The Labute approximate surface area is 235 Å². The average Bonchev–Trinajstić information content (AvgIpc) is 2.93. The number of aromatic amines is 1. The second-order valence-corrected chi connectivity index (χ2v) is 9.58. The van der Waals surface area contributed by atoms with Crippen molar-refractivity contribution in [2.45, 2.75) is 38.6 Å². The van der Waals surface area contributed by atoms with E-state index in [1.807, 2.05) is 43.3 Å². The first-order valence-corrected chi connectivity index (χ1v) is 13.0. The summed E-state index contributed by atoms with van der Waals surface area (Å²) in [5.74, 6) is -1.15. The van der Waals surface area contributed by atoms with Gasteiger partial charge in [-0.25, -0.2) is 0 Å². The Morgan fingerprint density at radius 2 is 1.56 bits per heavy atom. The molecule has 11 nitrogen and oxygen atoms in total. The highest BCUT2D eigenvalue weighted by Gasteiger charge is 2.22. The number of pyridine rings is 1. The molecule has 0 saturated carbocycles. The van der Waals surface area contributed by atoms with Crippen molar-refractivity contribution in [3.8, 4) is 0 Å². The number of nitrogens with one attached hydrogen (secondary N) is 4. The molecule has 3 aromatic carbocycles. The molecule has 0 fully saturated rings. The fourth-order valence-corrected chi connectivity index (χ4v) is 4.37. The molecular weight excluding hydrogens is 526 g/mol. The van der Waals surface area contributed by atoms with E-state index in [2.05, 4.69) is 20.9 Å². The first-order valence-electron chi connectivity index (χ1n) is 13.0. The molecule has 0 aliphatic heterocycles. The van der Waals surface area contributed by atoms with Gasteiger partial charge in [0, 0.05) is 54.2 Å². The molecule has 1 aromatic heterocycles. The molecule has 4 rings (SSSR count). The van der Waals surface area contributed by atoms with Crippen LogP contribution in [0.1, 0.15) is 30.4 Å². The van der Waals surface area contributed by atoms with Crippen molar-refractivity contribution in [3.63, 3.8) is 0 Å². The molecule has 0 unspecified atom stereocenters. The van der Waals surface area contributed by atoms with Gasteiger partial charge in [-0.1, -0.05) is 36.4 Å². The van der Waals surface area contributed by atoms with E-state index < -0.39 is 22.8 Å². The Morgan fingerprint density at radius 1 is 0.878 bits per heavy atom. The zero-order valence-electron chi connectivity index (χ0n) is 22.3. The van der Waals surface area contributed by atoms with Gasteiger partial charge in [0.25, 0.3) is 5.69 Å². The van der Waals surface area contributed by atoms with E-state index in [0.717, 1.165) is 16.5 Å². The number of fused-ring (bicyclic) bond motifs is 1. The molecule has 4 N–H and O–H groups in total. The number of carbonyl (C=O) groups excluding carboxylic acids is 3. The van der Waals surface area contributed by atoms with E-state index in [1.54, 1.807) is 12.1 Å². The SMILES string of the molecule is Cc1cc(=O)[nH]c2cc(NC(=O)CCCC(=O)N[C@@H](Cc3ccccc3)C(=O)Nc3ccc([N+](=O)[O-])cc3)ccc12. The number of rotatable bonds is 11. The number of aromatic nitrogens is 1. The summed E-state index contributed by atoms with van der Waals surface area (Å²) in [6.07, 6.45) is 0.584. The largest absolute Gasteiger partial charge is 0.344 e. The summed E-state index contributed by atoms with van der Waals surface area (Å²) in [6, 6.07) is 20.4. The molecule has 0 saturated heterocycles. The van der Waals surface area contributed by atoms with Crippen molar-refractivity contribution in [1.82, 2.24) is 10.3 Å². The van der Waals surface area contributed by atoms with Gasteiger partial charge in [-0.05, 0) is 48.7 Å². The third kappa shape index (κ3) is 8.09. The van der Waals surface area contributed by atoms with Gasteiger partial charge in [0.05, 0.1) is 10.4 Å². The third-order valence-electron chi connectivity index (χ3n) is 6.42. The zero-order chi connectivity index (χ0) is 29.4. The second-order valence-electron chi connectivity index (χ2n) is 9.58. The number of hydrogen-bond acceptors (Lipinski definition) is 6. The summed E-state index contributed by atoms with van der Waals surface area (Å²) in [5.41, 5.74) is 2.84. The van der Waals surface area contributed by atoms with Gasteiger partial charge >= 0.3 is 0 Å². The highest BCUT2D eigenvalue weighted by molar-refractivity contribution is 5.98. The van der Waals surface area contributed by atoms with Crippen LogP contribution in [0.3, 0.4) is 0 Å². The van der Waals surface area contributed by atoms with Gasteiger partial charge in [0.2, 0.25) is 23.3 Å². The van der Waals surface area contributed by atoms with Crippen molar-refractivity contribution in [1.29, 1.82) is 0 Å². The van der Waals surface area contributed by atoms with Crippen LogP contribution in [-0.2, 0) is 20.8 Å². The van der Waals surface area contributed by atoms with E-state index >= 15 is 0 Å². The second kappa shape index (κ2) is 13.2. The Kier molecular flexibility index (Phi) is 9.20. The van der Waals surface area contributed by atoms with Crippen LogP contribution in [0.15, 0.2) is 83.7 Å². The summed E-state index contributed by atoms with van der Waals surface area (Å²) < 4.78 is 0. The smallest absolute Gasteiger partial charge is 0.269 e. The normalized spacial score (nSPS) is 11.4. The Balaban J connectivity index is 1.32. The van der Waals surface area contributed by atoms with Crippen molar-refractivity contribution in [2.24, 2.45) is 0 Å². The molecule has 0 spiro atoms. The van der Waals surface area contributed by atoms with E-state index in [4.69, 9.17) is 0 Å². The number of carbonyl (C=O) groups is 3. The minimum absolute atomic E-state index is 0.0216. The lowest BCUT2D eigenvalue weighted by Gasteiger charge is -2.19. The quantitative estimate of drug-likeness (QED) is 0.160. The maximum atomic E-state index is 13.0. The first-order chi connectivity index (χ1) is 19.7. The molecule has 3 amide bonds. The summed E-state index contributed by atoms with van der Waals surface area (Å²) in [4.78, 5) is 63.1. The van der Waals surface area contributed by atoms with Crippen LogP contribution in [0, 0.1) is 17.0 Å². The molecule has 1 heterocycles. The van der Waals surface area contributed by atoms with E-state index in [-0.39, 0.29) is 42.8 Å². The van der Waals surface area contributed by atoms with Crippen LogP contribution in [-0.4, -0.2) is 33.7 Å². The number of H-pyrrole nitrogens is 1. The molecule has 0 radical (unpaired) electrons. The number of hydrogen-bond donors (Lipinski definition) is 4. The van der Waals surface area contributed by atoms with Crippen molar-refractivity contribution in [3.05, 3.63) is 110 Å². The Morgan fingerprint density at radius 3 is 2.27 bits per heavy atom. The highest BCUT2D eigenvalue weighted by Crippen LogP contribution is 2.20. The van der Waals surface area contributed by atoms with Gasteiger partial charge in [0.1, 0.15) is 6.04 Å². The van der Waals surface area contributed by atoms with Gasteiger partial charge < -0.3 is 20.9 Å². The lowest BCUT2D eigenvalue weighted by molar-refractivity contribution is -0.384. The fraction of sp³-hybridized carbons (Fsp3) is 0.200. The average molecular weight is 556 g/mol. The predicted octanol–water partition coefficient (Wildman–Crippen LogP) is 4.22. The highest BCUT2D eigenvalue weighted by atomic mass is 16.6. The number of benzene rings is 3. The monoisotopic (exact) mass is 555 g/mol. The minimum Gasteiger partial charge on any atom is -0.344 e. The number of amides is 3. The Hall–Kier alpha value is -5.32. The fourth-order valence-electron chi connectivity index (χ4n) is 4.37. The maximum absolute atomic E-state index is 13.0. The number of aryl methyl sites for hydroxylation is 1. The maximum Gasteiger partial charge on any atom is 0.269 e. The summed E-state index contributed by atoms with van der Waals surface area (Å²) in [7, 11) is 0. The third-order valence-corrected chi connectivity index (χ3v) is 6.42. The molecule has 0 aliphatic rings. The molecule has 210 valence electrons. The lowest BCUT2D eigenvalue weighted by atomic mass is 10.0. The summed E-state index contributed by atoms with van der Waals surface area (Å²) in [5, 5.41) is 20.0. The molecule has 0 bridgehead atoms. The molecular formula is C30H29N5O6. The van der Waals surface area contributed by atoms with Crippen LogP contribution in [0.2, 0.25) is 0 Å². The molecule has 1 atom stereocenters. The first kappa shape index (κ1) is 28.7. The molecule has 41 heavy (non-hydrogen) atoms. The van der Waals surface area contributed by atoms with Crippen molar-refractivity contribution in [2.75, 3.05) is 10.6 Å². The molecule has 4 aromatic rings. The molecule has 0 aliphatic carbocycles.